The second-order valence-electron chi connectivity index (χ2n) is 4.60. The summed E-state index contributed by atoms with van der Waals surface area (Å²) in [7, 11) is -1.48. The topological polar surface area (TPSA) is 52.3 Å². The molecule has 4 heteroatoms. The SMILES string of the molecule is C=C(C)C(=O)OC[Si]1(C)CC1(N)CC. The number of esters is 1. The first-order chi connectivity index (χ1) is 6.34. The van der Waals surface area contributed by atoms with Crippen molar-refractivity contribution >= 4 is 14.0 Å². The van der Waals surface area contributed by atoms with E-state index in [2.05, 4.69) is 20.0 Å². The van der Waals surface area contributed by atoms with Gasteiger partial charge in [-0.1, -0.05) is 20.0 Å². The fraction of sp³-hybridized carbons (Fsp3) is 0.700. The zero-order chi connectivity index (χ0) is 11.0. The average Bonchev–Trinajstić information content (AvgIpc) is 2.67. The van der Waals surface area contributed by atoms with Crippen molar-refractivity contribution in [1.82, 2.24) is 0 Å². The third kappa shape index (κ3) is 1.91. The molecule has 2 atom stereocenters. The Labute approximate surface area is 86.3 Å². The third-order valence-corrected chi connectivity index (χ3v) is 7.98. The smallest absolute Gasteiger partial charge is 0.332 e. The summed E-state index contributed by atoms with van der Waals surface area (Å²) in [6.07, 6.45) is 1.53. The predicted octanol–water partition coefficient (Wildman–Crippen LogP) is 1.38. The van der Waals surface area contributed by atoms with Crippen molar-refractivity contribution in [2.45, 2.75) is 38.0 Å². The summed E-state index contributed by atoms with van der Waals surface area (Å²) in [5, 5.41) is 0.00234. The lowest BCUT2D eigenvalue weighted by Crippen LogP contribution is -2.40. The minimum absolute atomic E-state index is 0.00234. The number of ether oxygens (including phenoxy) is 1. The zero-order valence-corrected chi connectivity index (χ0v) is 10.2. The molecule has 0 amide bonds. The molecule has 1 aliphatic rings. The Kier molecular flexibility index (Phi) is 2.87. The number of nitrogens with two attached hydrogens (primary N) is 1. The lowest BCUT2D eigenvalue weighted by atomic mass is 10.3. The van der Waals surface area contributed by atoms with Gasteiger partial charge in [-0.05, 0) is 19.4 Å². The highest BCUT2D eigenvalue weighted by atomic mass is 28.3. The molecule has 80 valence electrons. The Morgan fingerprint density at radius 2 is 2.29 bits per heavy atom. The van der Waals surface area contributed by atoms with Gasteiger partial charge < -0.3 is 10.5 Å². The highest BCUT2D eigenvalue weighted by Crippen LogP contribution is 2.46. The Bertz CT molecular complexity index is 279. The van der Waals surface area contributed by atoms with Crippen LogP contribution < -0.4 is 5.73 Å². The molecule has 0 bridgehead atoms. The first-order valence-electron chi connectivity index (χ1n) is 4.96. The van der Waals surface area contributed by atoms with Gasteiger partial charge in [-0.25, -0.2) is 4.79 Å². The normalized spacial score (nSPS) is 35.1. The van der Waals surface area contributed by atoms with Crippen LogP contribution in [0, 0.1) is 0 Å². The van der Waals surface area contributed by atoms with Crippen molar-refractivity contribution in [2.75, 3.05) is 6.23 Å². The maximum Gasteiger partial charge on any atom is 0.332 e. The van der Waals surface area contributed by atoms with Crippen LogP contribution in [-0.4, -0.2) is 25.4 Å². The third-order valence-electron chi connectivity index (χ3n) is 3.28. The number of rotatable bonds is 4. The first-order valence-corrected chi connectivity index (χ1v) is 7.87. The largest absolute Gasteiger partial charge is 0.466 e. The predicted molar refractivity (Wildman–Crippen MR) is 59.4 cm³/mol. The molecule has 1 rings (SSSR count). The van der Waals surface area contributed by atoms with E-state index in [0.29, 0.717) is 11.8 Å². The molecule has 1 fully saturated rings. The van der Waals surface area contributed by atoms with Crippen molar-refractivity contribution in [3.05, 3.63) is 12.2 Å². The van der Waals surface area contributed by atoms with Gasteiger partial charge in [0.05, 0.1) is 6.23 Å². The van der Waals surface area contributed by atoms with Crippen LogP contribution >= 0.6 is 0 Å². The van der Waals surface area contributed by atoms with Crippen molar-refractivity contribution in [1.29, 1.82) is 0 Å². The minimum atomic E-state index is -1.48. The van der Waals surface area contributed by atoms with Gasteiger partial charge in [0.15, 0.2) is 0 Å². The van der Waals surface area contributed by atoms with Crippen molar-refractivity contribution in [3.63, 3.8) is 0 Å². The van der Waals surface area contributed by atoms with Gasteiger partial charge in [-0.3, -0.25) is 0 Å². The van der Waals surface area contributed by atoms with Crippen LogP contribution in [0.25, 0.3) is 0 Å². The Morgan fingerprint density at radius 3 is 2.64 bits per heavy atom. The molecule has 1 saturated heterocycles. The van der Waals surface area contributed by atoms with Gasteiger partial charge in [0, 0.05) is 10.7 Å². The van der Waals surface area contributed by atoms with E-state index in [4.69, 9.17) is 10.5 Å². The molecule has 1 aliphatic heterocycles. The van der Waals surface area contributed by atoms with Crippen molar-refractivity contribution in [2.24, 2.45) is 5.73 Å². The second-order valence-corrected chi connectivity index (χ2v) is 9.36. The molecular weight excluding hydrogens is 194 g/mol. The molecule has 0 saturated carbocycles. The quantitative estimate of drug-likeness (QED) is 0.436. The van der Waals surface area contributed by atoms with E-state index in [9.17, 15) is 4.79 Å². The summed E-state index contributed by atoms with van der Waals surface area (Å²) in [5.41, 5.74) is 6.60. The van der Waals surface area contributed by atoms with E-state index in [1.165, 1.54) is 0 Å². The lowest BCUT2D eigenvalue weighted by molar-refractivity contribution is -0.137. The Morgan fingerprint density at radius 1 is 1.71 bits per heavy atom. The van der Waals surface area contributed by atoms with E-state index in [1.807, 2.05) is 0 Å². The maximum atomic E-state index is 11.2. The van der Waals surface area contributed by atoms with Crippen molar-refractivity contribution in [3.8, 4) is 0 Å². The van der Waals surface area contributed by atoms with Crippen LogP contribution in [0.15, 0.2) is 12.2 Å². The molecule has 0 spiro atoms. The summed E-state index contributed by atoms with van der Waals surface area (Å²) < 4.78 is 5.17. The van der Waals surface area contributed by atoms with E-state index < -0.39 is 8.07 Å². The molecular formula is C10H19NO2Si. The summed E-state index contributed by atoms with van der Waals surface area (Å²) in [4.78, 5) is 11.2. The fourth-order valence-corrected chi connectivity index (χ4v) is 5.90. The van der Waals surface area contributed by atoms with Crippen LogP contribution in [-0.2, 0) is 9.53 Å². The molecule has 2 N–H and O–H groups in total. The highest BCUT2D eigenvalue weighted by molar-refractivity contribution is 6.92. The minimum Gasteiger partial charge on any atom is -0.466 e. The Hall–Kier alpha value is -0.613. The highest BCUT2D eigenvalue weighted by Gasteiger charge is 2.63. The van der Waals surface area contributed by atoms with Gasteiger partial charge in [-0.2, -0.15) is 0 Å². The molecule has 0 aromatic carbocycles. The van der Waals surface area contributed by atoms with E-state index in [-0.39, 0.29) is 11.1 Å². The van der Waals surface area contributed by atoms with Crippen LogP contribution in [0.5, 0.6) is 0 Å². The van der Waals surface area contributed by atoms with E-state index in [0.717, 1.165) is 12.5 Å². The number of carbonyl (C=O) groups excluding carboxylic acids is 1. The molecule has 14 heavy (non-hydrogen) atoms. The molecule has 0 aromatic heterocycles. The summed E-state index contributed by atoms with van der Waals surface area (Å²) in [5.74, 6) is -0.288. The molecule has 3 nitrogen and oxygen atoms in total. The van der Waals surface area contributed by atoms with Crippen molar-refractivity contribution < 1.29 is 9.53 Å². The van der Waals surface area contributed by atoms with Gasteiger partial charge >= 0.3 is 5.97 Å². The van der Waals surface area contributed by atoms with Gasteiger partial charge in [0.1, 0.15) is 8.07 Å². The van der Waals surface area contributed by atoms with Crippen LogP contribution in [0.2, 0.25) is 12.6 Å². The molecule has 0 aromatic rings. The van der Waals surface area contributed by atoms with Gasteiger partial charge in [0.2, 0.25) is 0 Å². The van der Waals surface area contributed by atoms with Crippen LogP contribution in [0.4, 0.5) is 0 Å². The van der Waals surface area contributed by atoms with Crippen LogP contribution in [0.3, 0.4) is 0 Å². The Balaban J connectivity index is 2.41. The molecule has 2 unspecified atom stereocenters. The monoisotopic (exact) mass is 213 g/mol. The number of hydrogen-bond donors (Lipinski definition) is 1. The van der Waals surface area contributed by atoms with Gasteiger partial charge in [-0.15, -0.1) is 0 Å². The van der Waals surface area contributed by atoms with E-state index >= 15 is 0 Å². The summed E-state index contributed by atoms with van der Waals surface area (Å²) >= 11 is 0. The zero-order valence-electron chi connectivity index (χ0n) is 9.22. The van der Waals surface area contributed by atoms with E-state index in [1.54, 1.807) is 6.92 Å². The lowest BCUT2D eigenvalue weighted by Gasteiger charge is -2.15. The first kappa shape index (κ1) is 11.5. The summed E-state index contributed by atoms with van der Waals surface area (Å²) in [6, 6.07) is 1.07. The number of carbonyl (C=O) groups is 1. The van der Waals surface area contributed by atoms with Crippen LogP contribution in [0.1, 0.15) is 20.3 Å². The number of hydrogen-bond acceptors (Lipinski definition) is 3. The average molecular weight is 213 g/mol. The molecule has 1 heterocycles. The fourth-order valence-electron chi connectivity index (χ4n) is 1.75. The van der Waals surface area contributed by atoms with Gasteiger partial charge in [0.25, 0.3) is 0 Å². The summed E-state index contributed by atoms with van der Waals surface area (Å²) in [6.45, 7) is 9.50. The maximum absolute atomic E-state index is 11.2. The molecule has 0 radical (unpaired) electrons. The standard InChI is InChI=1S/C10H19NO2Si/c1-5-10(11)6-14(10,4)7-13-9(12)8(2)3/h2,5-7,11H2,1,3-4H3. The second kappa shape index (κ2) is 3.51. The molecule has 0 aliphatic carbocycles.